The molecule has 0 atom stereocenters. The predicted molar refractivity (Wildman–Crippen MR) is 160 cm³/mol. The van der Waals surface area contributed by atoms with Crippen molar-refractivity contribution in [1.82, 2.24) is 0 Å². The van der Waals surface area contributed by atoms with Gasteiger partial charge in [0.2, 0.25) is 0 Å². The average Bonchev–Trinajstić information content (AvgIpc) is 3.02. The number of ether oxygens (including phenoxy) is 2. The SMILES string of the molecule is CCC1CCC(C2CCC(C(F)(F)Oc3ccc(OC(F)(F)C4CCC(C5CCC(CC)CC5)CC4)cc3)CC2)CC1. The Balaban J connectivity index is 1.06. The summed E-state index contributed by atoms with van der Waals surface area (Å²) >= 11 is 0. The molecule has 5 rings (SSSR count). The minimum Gasteiger partial charge on any atom is -0.432 e. The largest absolute Gasteiger partial charge is 0.432 e. The molecule has 1 aromatic carbocycles. The molecule has 2 nitrogen and oxygen atoms in total. The molecular weight excluding hydrogens is 540 g/mol. The summed E-state index contributed by atoms with van der Waals surface area (Å²) in [5.41, 5.74) is 0. The van der Waals surface area contributed by atoms with Crippen molar-refractivity contribution in [1.29, 1.82) is 0 Å². The fourth-order valence-electron chi connectivity index (χ4n) is 9.05. The average molecular weight is 595 g/mol. The lowest BCUT2D eigenvalue weighted by Crippen LogP contribution is -2.38. The van der Waals surface area contributed by atoms with Gasteiger partial charge in [0.25, 0.3) is 0 Å². The quantitative estimate of drug-likeness (QED) is 0.251. The first-order valence-electron chi connectivity index (χ1n) is 17.4. The first-order chi connectivity index (χ1) is 20.2. The highest BCUT2D eigenvalue weighted by atomic mass is 19.3. The molecule has 42 heavy (non-hydrogen) atoms. The molecule has 0 saturated heterocycles. The fourth-order valence-corrected chi connectivity index (χ4v) is 9.05. The van der Waals surface area contributed by atoms with Crippen molar-refractivity contribution < 1.29 is 27.0 Å². The summed E-state index contributed by atoms with van der Waals surface area (Å²) in [6.45, 7) is 4.52. The molecule has 4 aliphatic carbocycles. The molecule has 0 spiro atoms. The number of halogens is 4. The summed E-state index contributed by atoms with van der Waals surface area (Å²) in [5.74, 6) is 2.56. The standard InChI is InChI=1S/C36H54F4O2/c1-3-25-5-9-27(10-6-25)29-13-17-31(18-14-29)35(37,38)41-33-21-23-34(24-22-33)42-36(39,40)32-19-15-30(16-20-32)28-11-7-26(4-2)8-12-28/h21-32H,3-20H2,1-2H3. The number of benzene rings is 1. The predicted octanol–water partition coefficient (Wildman–Crippen LogP) is 11.7. The molecule has 0 N–H and O–H groups in total. The molecule has 4 aliphatic rings. The van der Waals surface area contributed by atoms with Crippen molar-refractivity contribution in [2.45, 2.75) is 142 Å². The monoisotopic (exact) mass is 594 g/mol. The number of rotatable bonds is 10. The van der Waals surface area contributed by atoms with Gasteiger partial charge in [-0.05, 0) is 137 Å². The molecule has 238 valence electrons. The molecule has 0 bridgehead atoms. The van der Waals surface area contributed by atoms with Gasteiger partial charge in [-0.15, -0.1) is 0 Å². The minimum absolute atomic E-state index is 0.00557. The Kier molecular flexibility index (Phi) is 10.7. The maximum Gasteiger partial charge on any atom is 0.400 e. The fraction of sp³-hybridized carbons (Fsp3) is 0.833. The number of alkyl halides is 4. The highest BCUT2D eigenvalue weighted by molar-refractivity contribution is 5.31. The van der Waals surface area contributed by atoms with E-state index in [0.29, 0.717) is 49.4 Å². The second kappa shape index (κ2) is 14.1. The molecule has 0 amide bonds. The van der Waals surface area contributed by atoms with Gasteiger partial charge in [-0.25, -0.2) is 0 Å². The van der Waals surface area contributed by atoms with Gasteiger partial charge in [0.1, 0.15) is 11.5 Å². The van der Waals surface area contributed by atoms with E-state index in [1.165, 1.54) is 88.5 Å². The van der Waals surface area contributed by atoms with Crippen molar-refractivity contribution in [3.8, 4) is 11.5 Å². The summed E-state index contributed by atoms with van der Waals surface area (Å²) in [6.07, 6.45) is 11.3. The van der Waals surface area contributed by atoms with Gasteiger partial charge in [-0.1, -0.05) is 52.4 Å². The molecule has 6 heteroatoms. The summed E-state index contributed by atoms with van der Waals surface area (Å²) in [7, 11) is 0. The molecule has 0 radical (unpaired) electrons. The van der Waals surface area contributed by atoms with Gasteiger partial charge < -0.3 is 9.47 Å². The smallest absolute Gasteiger partial charge is 0.400 e. The Labute approximate surface area is 251 Å². The highest BCUT2D eigenvalue weighted by Gasteiger charge is 2.46. The number of hydrogen-bond donors (Lipinski definition) is 0. The normalized spacial score (nSPS) is 35.0. The maximum atomic E-state index is 15.1. The molecule has 1 aromatic rings. The van der Waals surface area contributed by atoms with Crippen LogP contribution in [-0.4, -0.2) is 12.2 Å². The van der Waals surface area contributed by atoms with Crippen LogP contribution in [0.25, 0.3) is 0 Å². The van der Waals surface area contributed by atoms with Crippen LogP contribution in [0.4, 0.5) is 17.6 Å². The van der Waals surface area contributed by atoms with Crippen LogP contribution in [0.5, 0.6) is 11.5 Å². The minimum atomic E-state index is -3.27. The molecule has 0 unspecified atom stereocenters. The van der Waals surface area contributed by atoms with Crippen LogP contribution in [-0.2, 0) is 0 Å². The highest BCUT2D eigenvalue weighted by Crippen LogP contribution is 2.47. The summed E-state index contributed by atoms with van der Waals surface area (Å²) in [4.78, 5) is 0. The van der Waals surface area contributed by atoms with E-state index in [1.54, 1.807) is 0 Å². The van der Waals surface area contributed by atoms with Gasteiger partial charge in [-0.2, -0.15) is 17.6 Å². The van der Waals surface area contributed by atoms with Crippen LogP contribution >= 0.6 is 0 Å². The topological polar surface area (TPSA) is 18.5 Å². The number of hydrogen-bond acceptors (Lipinski definition) is 2. The van der Waals surface area contributed by atoms with E-state index < -0.39 is 24.1 Å². The molecule has 4 fully saturated rings. The van der Waals surface area contributed by atoms with Crippen LogP contribution in [0.1, 0.15) is 129 Å². The lowest BCUT2D eigenvalue weighted by Gasteiger charge is -2.39. The zero-order chi connectivity index (χ0) is 29.7. The van der Waals surface area contributed by atoms with Crippen LogP contribution in [0, 0.1) is 47.3 Å². The van der Waals surface area contributed by atoms with E-state index in [-0.39, 0.29) is 11.5 Å². The molecule has 4 saturated carbocycles. The van der Waals surface area contributed by atoms with Gasteiger partial charge >= 0.3 is 12.2 Å². The van der Waals surface area contributed by atoms with E-state index >= 15 is 17.6 Å². The Morgan fingerprint density at radius 3 is 1.00 bits per heavy atom. The molecule has 0 aliphatic heterocycles. The Morgan fingerprint density at radius 2 is 0.738 bits per heavy atom. The third kappa shape index (κ3) is 7.97. The second-order valence-electron chi connectivity index (χ2n) is 14.4. The Bertz CT molecular complexity index is 857. The van der Waals surface area contributed by atoms with Crippen LogP contribution in [0.15, 0.2) is 24.3 Å². The van der Waals surface area contributed by atoms with E-state index in [1.807, 2.05) is 0 Å². The first-order valence-corrected chi connectivity index (χ1v) is 17.4. The Hall–Kier alpha value is -1.46. The zero-order valence-electron chi connectivity index (χ0n) is 26.0. The first kappa shape index (κ1) is 31.9. The summed E-state index contributed by atoms with van der Waals surface area (Å²) in [5, 5.41) is 0. The molecule has 0 heterocycles. The maximum absolute atomic E-state index is 15.1. The summed E-state index contributed by atoms with van der Waals surface area (Å²) in [6, 6.07) is 5.34. The van der Waals surface area contributed by atoms with Crippen molar-refractivity contribution in [3.05, 3.63) is 24.3 Å². The Morgan fingerprint density at radius 1 is 0.476 bits per heavy atom. The van der Waals surface area contributed by atoms with Crippen molar-refractivity contribution in [2.75, 3.05) is 0 Å². The zero-order valence-corrected chi connectivity index (χ0v) is 26.0. The van der Waals surface area contributed by atoms with E-state index in [2.05, 4.69) is 13.8 Å². The lowest BCUT2D eigenvalue weighted by atomic mass is 9.69. The van der Waals surface area contributed by atoms with Crippen molar-refractivity contribution >= 4 is 0 Å². The van der Waals surface area contributed by atoms with Crippen LogP contribution in [0.2, 0.25) is 0 Å². The lowest BCUT2D eigenvalue weighted by molar-refractivity contribution is -0.226. The molecular formula is C36H54F4O2. The van der Waals surface area contributed by atoms with E-state index in [4.69, 9.17) is 9.47 Å². The van der Waals surface area contributed by atoms with Crippen molar-refractivity contribution in [2.24, 2.45) is 47.3 Å². The van der Waals surface area contributed by atoms with Crippen LogP contribution < -0.4 is 9.47 Å². The van der Waals surface area contributed by atoms with E-state index in [9.17, 15) is 0 Å². The van der Waals surface area contributed by atoms with Crippen molar-refractivity contribution in [3.63, 3.8) is 0 Å². The van der Waals surface area contributed by atoms with Gasteiger partial charge in [0, 0.05) is 0 Å². The third-order valence-corrected chi connectivity index (χ3v) is 12.1. The van der Waals surface area contributed by atoms with Gasteiger partial charge in [0.15, 0.2) is 0 Å². The molecule has 0 aromatic heterocycles. The second-order valence-corrected chi connectivity index (χ2v) is 14.4. The summed E-state index contributed by atoms with van der Waals surface area (Å²) < 4.78 is 70.7. The van der Waals surface area contributed by atoms with Gasteiger partial charge in [-0.3, -0.25) is 0 Å². The third-order valence-electron chi connectivity index (χ3n) is 12.1. The van der Waals surface area contributed by atoms with Crippen LogP contribution in [0.3, 0.4) is 0 Å². The van der Waals surface area contributed by atoms with E-state index in [0.717, 1.165) is 37.5 Å². The van der Waals surface area contributed by atoms with Gasteiger partial charge in [0.05, 0.1) is 11.8 Å².